The lowest BCUT2D eigenvalue weighted by atomic mass is 9.86. The van der Waals surface area contributed by atoms with Gasteiger partial charge in [-0.15, -0.1) is 159 Å². The van der Waals surface area contributed by atoms with Crippen molar-refractivity contribution < 1.29 is 59.4 Å². The Morgan fingerprint density at radius 2 is 0.408 bits per heavy atom. The quantitative estimate of drug-likeness (QED) is 0.0472. The van der Waals surface area contributed by atoms with Gasteiger partial charge in [-0.3, -0.25) is 0 Å². The van der Waals surface area contributed by atoms with Crippen LogP contribution in [0, 0.1) is 69.2 Å². The number of hydrogen-bond donors (Lipinski definition) is 6. The molecule has 120 heavy (non-hydrogen) atoms. The molecule has 19 aromatic rings. The van der Waals surface area contributed by atoms with Crippen molar-refractivity contribution in [3.05, 3.63) is 268 Å². The number of carboxylic acids is 6. The van der Waals surface area contributed by atoms with Crippen molar-refractivity contribution >= 4 is 232 Å². The molecule has 0 atom stereocenters. The number of thiophene rings is 14. The highest BCUT2D eigenvalue weighted by molar-refractivity contribution is 7.34. The van der Waals surface area contributed by atoms with Crippen molar-refractivity contribution in [2.24, 2.45) is 0 Å². The summed E-state index contributed by atoms with van der Waals surface area (Å²) in [5.74, 6) is -6.42. The van der Waals surface area contributed by atoms with E-state index in [1.165, 1.54) is 137 Å². The molecule has 0 aliphatic heterocycles. The molecule has 19 rings (SSSR count). The molecular formula is C94H66O12S14. The van der Waals surface area contributed by atoms with E-state index < -0.39 is 35.8 Å². The Bertz CT molecular complexity index is 6820. The average molecular weight is 1840 g/mol. The van der Waals surface area contributed by atoms with Gasteiger partial charge in [0.25, 0.3) is 0 Å². The van der Waals surface area contributed by atoms with Crippen molar-refractivity contribution in [3.63, 3.8) is 0 Å². The molecule has 0 amide bonds. The average Bonchev–Trinajstić information content (AvgIpc) is 1.22. The zero-order chi connectivity index (χ0) is 84.3. The minimum absolute atomic E-state index is 0.0956. The second kappa shape index (κ2) is 33.0. The third kappa shape index (κ3) is 15.7. The van der Waals surface area contributed by atoms with Gasteiger partial charge in [0.15, 0.2) is 0 Å². The predicted molar refractivity (Wildman–Crippen MR) is 514 cm³/mol. The van der Waals surface area contributed by atoms with E-state index in [4.69, 9.17) is 0 Å². The molecule has 6 N–H and O–H groups in total. The molecule has 5 aromatic carbocycles. The first kappa shape index (κ1) is 82.1. The first-order chi connectivity index (χ1) is 57.5. The van der Waals surface area contributed by atoms with Gasteiger partial charge < -0.3 is 30.6 Å². The minimum Gasteiger partial charge on any atom is -0.478 e. The van der Waals surface area contributed by atoms with E-state index in [1.807, 2.05) is 135 Å². The summed E-state index contributed by atoms with van der Waals surface area (Å²) >= 11 is 22.8. The standard InChI is InChI=1S/C32H22O4S6.C32H26O4S2.C30H18O4S6/c1-13-9-21-25(37-13)11-23(41-21)17-5-7-19(39-17)27-15(3)30(32(35)36)28(16(4)29(27)31(33)34)20-8-6-18(40-20)24-12-26-22(42-24)10-14(2)38-26;1-17-5-9-21(10-6-17)23-13-15-25(37-23)27-19(3)30(32(35)36)28(20(4)29(27)31(33)34)26-16-14-24(38-26)22-11-7-18(2)8-12-22;1-13-7-23-27(35-13)11-25(39-23)21-5-3-19(37-21)15-9-18(30(33)34)16(10-17(15)29(31)32)20-4-6-22(38-20)26-12-28-24(40-26)8-14(2)36-28/h5-12H,1-4H3,(H,33,34)(H,35,36);5-16H,1-4H3,(H,33,34)(H,35,36);3-12H,1-2H3,(H,31,32)(H,33,34). The van der Waals surface area contributed by atoms with Crippen LogP contribution in [0.15, 0.2) is 182 Å². The Labute approximate surface area is 744 Å². The van der Waals surface area contributed by atoms with Crippen LogP contribution in [0.25, 0.3) is 160 Å². The Morgan fingerprint density at radius 1 is 0.200 bits per heavy atom. The lowest BCUT2D eigenvalue weighted by Crippen LogP contribution is -2.12. The summed E-state index contributed by atoms with van der Waals surface area (Å²) in [5.41, 5.74) is 9.79. The van der Waals surface area contributed by atoms with E-state index in [0.717, 1.165) is 100 Å². The second-order valence-electron chi connectivity index (χ2n) is 28.8. The molecule has 12 nitrogen and oxygen atoms in total. The smallest absolute Gasteiger partial charge is 0.336 e. The van der Waals surface area contributed by atoms with E-state index in [-0.39, 0.29) is 33.4 Å². The maximum absolute atomic E-state index is 12.8. The van der Waals surface area contributed by atoms with Gasteiger partial charge in [0.05, 0.1) is 33.4 Å². The molecular weight excluding hydrogens is 1770 g/mol. The zero-order valence-electron chi connectivity index (χ0n) is 65.2. The summed E-state index contributed by atoms with van der Waals surface area (Å²) in [5, 5.41) is 62.0. The minimum atomic E-state index is -1.08. The Balaban J connectivity index is 0.000000129. The van der Waals surface area contributed by atoms with Gasteiger partial charge in [0, 0.05) is 169 Å². The molecule has 0 saturated carbocycles. The summed E-state index contributed by atoms with van der Waals surface area (Å²) in [6, 6.07) is 60.1. The highest BCUT2D eigenvalue weighted by Crippen LogP contribution is 2.53. The predicted octanol–water partition coefficient (Wildman–Crippen LogP) is 31.8. The number of fused-ring (bicyclic) bond motifs is 4. The summed E-state index contributed by atoms with van der Waals surface area (Å²) in [7, 11) is 0. The van der Waals surface area contributed by atoms with Crippen LogP contribution in [-0.2, 0) is 0 Å². The number of aromatic carboxylic acids is 6. The van der Waals surface area contributed by atoms with Crippen LogP contribution in [-0.4, -0.2) is 66.5 Å². The van der Waals surface area contributed by atoms with E-state index in [9.17, 15) is 59.4 Å². The molecule has 0 spiro atoms. The fraction of sp³-hybridized carbons (Fsp3) is 0.106. The van der Waals surface area contributed by atoms with Crippen molar-refractivity contribution in [2.75, 3.05) is 0 Å². The number of aryl methyl sites for hydroxylation is 6. The van der Waals surface area contributed by atoms with E-state index in [1.54, 1.807) is 118 Å². The molecule has 14 heterocycles. The number of rotatable bonds is 18. The number of hydrogen-bond acceptors (Lipinski definition) is 20. The van der Waals surface area contributed by atoms with E-state index in [0.29, 0.717) is 55.6 Å². The summed E-state index contributed by atoms with van der Waals surface area (Å²) < 4.78 is 9.93. The Kier molecular flexibility index (Phi) is 22.5. The molecule has 0 aliphatic carbocycles. The van der Waals surface area contributed by atoms with Gasteiger partial charge in [0.1, 0.15) is 0 Å². The van der Waals surface area contributed by atoms with Gasteiger partial charge >= 0.3 is 35.8 Å². The molecule has 0 aliphatic rings. The lowest BCUT2D eigenvalue weighted by molar-refractivity contribution is 0.0681. The summed E-state index contributed by atoms with van der Waals surface area (Å²) in [6.45, 7) is 19.4. The van der Waals surface area contributed by atoms with Crippen LogP contribution in [0.2, 0.25) is 0 Å². The molecule has 0 bridgehead atoms. The number of carbonyl (C=O) groups is 6. The maximum atomic E-state index is 12.8. The van der Waals surface area contributed by atoms with Gasteiger partial charge in [0.2, 0.25) is 0 Å². The molecule has 0 radical (unpaired) electrons. The largest absolute Gasteiger partial charge is 0.478 e. The lowest BCUT2D eigenvalue weighted by Gasteiger charge is -2.19. The van der Waals surface area contributed by atoms with Gasteiger partial charge in [-0.25, -0.2) is 28.8 Å². The van der Waals surface area contributed by atoms with Crippen LogP contribution in [0.5, 0.6) is 0 Å². The SMILES string of the molecule is Cc1cc2sc(-c3ccc(-c4c(C)c(C(=O)O)c(-c5ccc(-c6cc7sc(C)cc7s6)s5)c(C)c4C(=O)O)s3)cc2s1.Cc1cc2sc(-c3ccc(-c4cc(C(=O)O)c(-c5ccc(-c6cc7sc(C)cc7s6)s5)cc4C(=O)O)s3)cc2s1.Cc1ccc(-c2ccc(-c3c(C)c(C(=O)O)c(-c4ccc(-c5ccc(C)cc5)s4)c(C)c3C(=O)O)s2)cc1. The van der Waals surface area contributed by atoms with E-state index >= 15 is 0 Å². The highest BCUT2D eigenvalue weighted by atomic mass is 32.2. The topological polar surface area (TPSA) is 224 Å². The third-order valence-corrected chi connectivity index (χ3v) is 37.0. The van der Waals surface area contributed by atoms with Crippen LogP contribution in [0.3, 0.4) is 0 Å². The first-order valence-electron chi connectivity index (χ1n) is 37.2. The van der Waals surface area contributed by atoms with Crippen molar-refractivity contribution in [2.45, 2.75) is 69.2 Å². The maximum Gasteiger partial charge on any atom is 0.336 e. The fourth-order valence-corrected chi connectivity index (χ4v) is 31.2. The van der Waals surface area contributed by atoms with Gasteiger partial charge in [-0.2, -0.15) is 0 Å². The highest BCUT2D eigenvalue weighted by Gasteiger charge is 2.33. The van der Waals surface area contributed by atoms with Crippen LogP contribution in [0.4, 0.5) is 0 Å². The normalized spacial score (nSPS) is 11.5. The molecule has 0 fully saturated rings. The first-order valence-corrected chi connectivity index (χ1v) is 48.6. The molecule has 598 valence electrons. The number of carboxylic acid groups (broad SMARTS) is 6. The van der Waals surface area contributed by atoms with Crippen molar-refractivity contribution in [1.29, 1.82) is 0 Å². The molecule has 0 unspecified atom stereocenters. The fourth-order valence-electron chi connectivity index (χ4n) is 15.1. The van der Waals surface area contributed by atoms with Crippen LogP contribution < -0.4 is 0 Å². The monoisotopic (exact) mass is 1830 g/mol. The van der Waals surface area contributed by atoms with E-state index in [2.05, 4.69) is 76.2 Å². The molecule has 14 aromatic heterocycles. The number of benzene rings is 5. The van der Waals surface area contributed by atoms with Crippen molar-refractivity contribution in [1.82, 2.24) is 0 Å². The van der Waals surface area contributed by atoms with Gasteiger partial charge in [-0.05, 0) is 236 Å². The molecule has 26 heteroatoms. The van der Waals surface area contributed by atoms with Crippen LogP contribution in [0.1, 0.15) is 115 Å². The second-order valence-corrected chi connectivity index (χ2v) is 44.8. The summed E-state index contributed by atoms with van der Waals surface area (Å²) in [6.07, 6.45) is 0. The van der Waals surface area contributed by atoms with Crippen molar-refractivity contribution in [3.8, 4) is 123 Å². The third-order valence-electron chi connectivity index (χ3n) is 20.6. The molecule has 0 saturated heterocycles. The zero-order valence-corrected chi connectivity index (χ0v) is 76.6. The Morgan fingerprint density at radius 3 is 0.642 bits per heavy atom. The van der Waals surface area contributed by atoms with Crippen LogP contribution >= 0.6 is 159 Å². The van der Waals surface area contributed by atoms with Gasteiger partial charge in [-0.1, -0.05) is 59.7 Å². The summed E-state index contributed by atoms with van der Waals surface area (Å²) in [4.78, 5) is 96.0. The Hall–Kier alpha value is -10.2.